The molecule has 0 aromatic carbocycles. The van der Waals surface area contributed by atoms with Crippen LogP contribution in [0.1, 0.15) is 30.1 Å². The van der Waals surface area contributed by atoms with Gasteiger partial charge in [0.2, 0.25) is 0 Å². The third kappa shape index (κ3) is 3.54. The van der Waals surface area contributed by atoms with Crippen molar-refractivity contribution in [3.05, 3.63) is 35.7 Å². The van der Waals surface area contributed by atoms with Gasteiger partial charge >= 0.3 is 0 Å². The van der Waals surface area contributed by atoms with Crippen molar-refractivity contribution in [3.8, 4) is 6.07 Å². The summed E-state index contributed by atoms with van der Waals surface area (Å²) in [4.78, 5) is 19.4. The second-order valence-corrected chi connectivity index (χ2v) is 5.69. The van der Waals surface area contributed by atoms with E-state index in [0.29, 0.717) is 17.6 Å². The van der Waals surface area contributed by atoms with Crippen molar-refractivity contribution in [2.75, 3.05) is 23.3 Å². The molecule has 118 valence electrons. The first-order chi connectivity index (χ1) is 11.2. The number of aryl methyl sites for hydroxylation is 2. The summed E-state index contributed by atoms with van der Waals surface area (Å²) in [7, 11) is 0. The molecule has 0 aliphatic carbocycles. The van der Waals surface area contributed by atoms with Crippen LogP contribution in [0.4, 0.5) is 11.6 Å². The Morgan fingerprint density at radius 3 is 2.61 bits per heavy atom. The fourth-order valence-electron chi connectivity index (χ4n) is 2.83. The summed E-state index contributed by atoms with van der Waals surface area (Å²) in [5.74, 6) is 2.37. The van der Waals surface area contributed by atoms with Gasteiger partial charge in [0.25, 0.3) is 0 Å². The minimum atomic E-state index is 0.291. The standard InChI is InChI=1S/C16H19N7/c1-11-9-15(21-12(2)20-11)23-7-3-13(4-8-23)22-16-14(10-17)18-5-6-19-16/h5-6,9,13H,3-4,7-8H2,1-2H3,(H,19,22). The largest absolute Gasteiger partial charge is 0.365 e. The summed E-state index contributed by atoms with van der Waals surface area (Å²) in [6.07, 6.45) is 5.06. The lowest BCUT2D eigenvalue weighted by Gasteiger charge is -2.33. The van der Waals surface area contributed by atoms with Crippen molar-refractivity contribution >= 4 is 11.6 Å². The van der Waals surface area contributed by atoms with E-state index in [9.17, 15) is 0 Å². The average Bonchev–Trinajstić information content (AvgIpc) is 2.55. The maximum Gasteiger partial charge on any atom is 0.182 e. The third-order valence-corrected chi connectivity index (χ3v) is 3.92. The predicted molar refractivity (Wildman–Crippen MR) is 87.1 cm³/mol. The van der Waals surface area contributed by atoms with Gasteiger partial charge in [-0.2, -0.15) is 5.26 Å². The smallest absolute Gasteiger partial charge is 0.182 e. The lowest BCUT2D eigenvalue weighted by molar-refractivity contribution is 0.521. The van der Waals surface area contributed by atoms with Crippen LogP contribution in [0.25, 0.3) is 0 Å². The molecular formula is C16H19N7. The van der Waals surface area contributed by atoms with Gasteiger partial charge in [-0.25, -0.2) is 19.9 Å². The van der Waals surface area contributed by atoms with Gasteiger partial charge in [-0.3, -0.25) is 0 Å². The Hall–Kier alpha value is -2.75. The lowest BCUT2D eigenvalue weighted by Crippen LogP contribution is -2.40. The Morgan fingerprint density at radius 2 is 1.91 bits per heavy atom. The Kier molecular flexibility index (Phi) is 4.33. The van der Waals surface area contributed by atoms with E-state index >= 15 is 0 Å². The number of rotatable bonds is 3. The first kappa shape index (κ1) is 15.2. The van der Waals surface area contributed by atoms with E-state index in [4.69, 9.17) is 5.26 Å². The van der Waals surface area contributed by atoms with Gasteiger partial charge in [-0.15, -0.1) is 0 Å². The topological polar surface area (TPSA) is 90.6 Å². The molecule has 0 atom stereocenters. The average molecular weight is 309 g/mol. The molecule has 3 rings (SSSR count). The Labute approximate surface area is 135 Å². The van der Waals surface area contributed by atoms with Crippen LogP contribution in [-0.4, -0.2) is 39.1 Å². The summed E-state index contributed by atoms with van der Waals surface area (Å²) in [5.41, 5.74) is 1.34. The molecule has 2 aromatic heterocycles. The zero-order valence-corrected chi connectivity index (χ0v) is 13.3. The molecule has 3 heterocycles. The number of anilines is 2. The normalized spacial score (nSPS) is 15.3. The van der Waals surface area contributed by atoms with Gasteiger partial charge in [-0.1, -0.05) is 0 Å². The number of nitriles is 1. The van der Waals surface area contributed by atoms with E-state index in [2.05, 4.69) is 36.2 Å². The lowest BCUT2D eigenvalue weighted by atomic mass is 10.0. The maximum absolute atomic E-state index is 9.08. The summed E-state index contributed by atoms with van der Waals surface area (Å²) in [5, 5.41) is 12.4. The molecule has 7 heteroatoms. The molecular weight excluding hydrogens is 290 g/mol. The third-order valence-electron chi connectivity index (χ3n) is 3.92. The SMILES string of the molecule is Cc1cc(N2CCC(Nc3nccnc3C#N)CC2)nc(C)n1. The molecule has 0 saturated carbocycles. The first-order valence-corrected chi connectivity index (χ1v) is 7.70. The molecule has 0 amide bonds. The van der Waals surface area contributed by atoms with E-state index in [1.165, 1.54) is 6.20 Å². The van der Waals surface area contributed by atoms with E-state index < -0.39 is 0 Å². The molecule has 1 aliphatic heterocycles. The monoisotopic (exact) mass is 309 g/mol. The molecule has 0 unspecified atom stereocenters. The fraction of sp³-hybridized carbons (Fsp3) is 0.438. The van der Waals surface area contributed by atoms with Crippen molar-refractivity contribution in [3.63, 3.8) is 0 Å². The highest BCUT2D eigenvalue weighted by Crippen LogP contribution is 2.21. The highest BCUT2D eigenvalue weighted by atomic mass is 15.2. The van der Waals surface area contributed by atoms with Crippen LogP contribution in [0.2, 0.25) is 0 Å². The minimum absolute atomic E-state index is 0.291. The predicted octanol–water partition coefficient (Wildman–Crippen LogP) is 1.84. The first-order valence-electron chi connectivity index (χ1n) is 7.70. The highest BCUT2D eigenvalue weighted by Gasteiger charge is 2.21. The molecule has 23 heavy (non-hydrogen) atoms. The van der Waals surface area contributed by atoms with Gasteiger partial charge in [0.05, 0.1) is 0 Å². The van der Waals surface area contributed by atoms with Crippen molar-refractivity contribution in [1.29, 1.82) is 5.26 Å². The Morgan fingerprint density at radius 1 is 1.17 bits per heavy atom. The van der Waals surface area contributed by atoms with Crippen molar-refractivity contribution in [2.45, 2.75) is 32.7 Å². The summed E-state index contributed by atoms with van der Waals surface area (Å²) < 4.78 is 0. The van der Waals surface area contributed by atoms with Crippen LogP contribution in [0.5, 0.6) is 0 Å². The zero-order valence-electron chi connectivity index (χ0n) is 13.3. The highest BCUT2D eigenvalue weighted by molar-refractivity contribution is 5.48. The molecule has 0 spiro atoms. The Balaban J connectivity index is 1.63. The Bertz CT molecular complexity index is 709. The van der Waals surface area contributed by atoms with E-state index in [1.54, 1.807) is 6.20 Å². The van der Waals surface area contributed by atoms with Crippen molar-refractivity contribution in [2.24, 2.45) is 0 Å². The van der Waals surface area contributed by atoms with Gasteiger partial charge < -0.3 is 10.2 Å². The van der Waals surface area contributed by atoms with Crippen molar-refractivity contribution < 1.29 is 0 Å². The van der Waals surface area contributed by atoms with Crippen molar-refractivity contribution in [1.82, 2.24) is 19.9 Å². The molecule has 1 fully saturated rings. The van der Waals surface area contributed by atoms with E-state index in [0.717, 1.165) is 43.3 Å². The number of nitrogens with one attached hydrogen (secondary N) is 1. The number of hydrogen-bond acceptors (Lipinski definition) is 7. The summed E-state index contributed by atoms with van der Waals surface area (Å²) in [6, 6.07) is 4.38. The summed E-state index contributed by atoms with van der Waals surface area (Å²) in [6.45, 7) is 5.73. The quantitative estimate of drug-likeness (QED) is 0.925. The van der Waals surface area contributed by atoms with Crippen LogP contribution in [0.3, 0.4) is 0 Å². The number of hydrogen-bond donors (Lipinski definition) is 1. The van der Waals surface area contributed by atoms with Crippen LogP contribution < -0.4 is 10.2 Å². The van der Waals surface area contributed by atoms with E-state index in [1.807, 2.05) is 19.9 Å². The molecule has 1 N–H and O–H groups in total. The molecule has 7 nitrogen and oxygen atoms in total. The van der Waals surface area contributed by atoms with Gasteiger partial charge in [0.1, 0.15) is 17.7 Å². The van der Waals surface area contributed by atoms with Crippen LogP contribution >= 0.6 is 0 Å². The molecule has 2 aromatic rings. The number of aromatic nitrogens is 4. The number of piperidine rings is 1. The molecule has 0 bridgehead atoms. The van der Waals surface area contributed by atoms with Gasteiger partial charge in [0, 0.05) is 43.3 Å². The molecule has 1 saturated heterocycles. The van der Waals surface area contributed by atoms with Crippen LogP contribution in [0.15, 0.2) is 18.5 Å². The zero-order chi connectivity index (χ0) is 16.2. The van der Waals surface area contributed by atoms with E-state index in [-0.39, 0.29) is 0 Å². The van der Waals surface area contributed by atoms with Gasteiger partial charge in [-0.05, 0) is 26.7 Å². The molecule has 0 radical (unpaired) electrons. The number of nitrogens with zero attached hydrogens (tertiary/aromatic N) is 6. The minimum Gasteiger partial charge on any atom is -0.365 e. The van der Waals surface area contributed by atoms with Crippen LogP contribution in [-0.2, 0) is 0 Å². The second kappa shape index (κ2) is 6.57. The van der Waals surface area contributed by atoms with Gasteiger partial charge in [0.15, 0.2) is 11.5 Å². The maximum atomic E-state index is 9.08. The molecule has 1 aliphatic rings. The second-order valence-electron chi connectivity index (χ2n) is 5.69. The van der Waals surface area contributed by atoms with Crippen LogP contribution in [0, 0.1) is 25.2 Å². The fourth-order valence-corrected chi connectivity index (χ4v) is 2.83. The summed E-state index contributed by atoms with van der Waals surface area (Å²) >= 11 is 0.